The molecule has 11 aromatic carbocycles. The van der Waals surface area contributed by atoms with Crippen LogP contribution in [0.25, 0.3) is 97.4 Å². The second-order valence-electron chi connectivity index (χ2n) is 16.4. The van der Waals surface area contributed by atoms with E-state index in [9.17, 15) is 0 Å². The quantitative estimate of drug-likeness (QED) is 0.147. The van der Waals surface area contributed by atoms with Gasteiger partial charge in [-0.05, 0) is 102 Å². The molecular weight excluding hydrogens is 791 g/mol. The Hall–Kier alpha value is -8.04. The number of para-hydroxylation sites is 1. The van der Waals surface area contributed by atoms with Crippen molar-refractivity contribution in [1.82, 2.24) is 0 Å². The molecule has 1 nitrogen and oxygen atoms in total. The van der Waals surface area contributed by atoms with E-state index in [-0.39, 0.29) is 0 Å². The number of nitrogens with zero attached hydrogens (tertiary/aromatic N) is 1. The third-order valence-corrected chi connectivity index (χ3v) is 13.9. The smallest absolute Gasteiger partial charge is 0.0540 e. The molecule has 0 bridgehead atoms. The molecule has 2 heteroatoms. The van der Waals surface area contributed by atoms with Crippen LogP contribution in [0.3, 0.4) is 0 Å². The minimum Gasteiger partial charge on any atom is -0.310 e. The molecule has 0 atom stereocenters. The zero-order valence-corrected chi connectivity index (χ0v) is 35.8. The van der Waals surface area contributed by atoms with Gasteiger partial charge in [-0.15, -0.1) is 11.3 Å². The van der Waals surface area contributed by atoms with Crippen LogP contribution >= 0.6 is 11.3 Å². The summed E-state index contributed by atoms with van der Waals surface area (Å²) in [6.07, 6.45) is 0. The lowest BCUT2D eigenvalue weighted by molar-refractivity contribution is 1.28. The van der Waals surface area contributed by atoms with Crippen LogP contribution in [-0.4, -0.2) is 0 Å². The van der Waals surface area contributed by atoms with Crippen molar-refractivity contribution < 1.29 is 0 Å². The van der Waals surface area contributed by atoms with Crippen LogP contribution in [0.15, 0.2) is 249 Å². The number of hydrogen-bond donors (Lipinski definition) is 0. The Morgan fingerprint density at radius 2 is 0.672 bits per heavy atom. The number of rotatable bonds is 8. The van der Waals surface area contributed by atoms with Gasteiger partial charge in [-0.25, -0.2) is 0 Å². The summed E-state index contributed by atoms with van der Waals surface area (Å²) in [7, 11) is 0. The minimum absolute atomic E-state index is 1.09. The number of hydrogen-bond acceptors (Lipinski definition) is 2. The van der Waals surface area contributed by atoms with Crippen LogP contribution < -0.4 is 4.90 Å². The summed E-state index contributed by atoms with van der Waals surface area (Å²) < 4.78 is 2.61. The van der Waals surface area contributed by atoms with Crippen LogP contribution in [0, 0.1) is 0 Å². The van der Waals surface area contributed by atoms with E-state index in [1.165, 1.54) is 97.4 Å². The molecule has 1 heterocycles. The molecule has 0 unspecified atom stereocenters. The highest BCUT2D eigenvalue weighted by atomic mass is 32.1. The van der Waals surface area contributed by atoms with Gasteiger partial charge in [-0.2, -0.15) is 0 Å². The first-order valence-electron chi connectivity index (χ1n) is 21.9. The Morgan fingerprint density at radius 1 is 0.250 bits per heavy atom. The van der Waals surface area contributed by atoms with Crippen molar-refractivity contribution in [2.24, 2.45) is 0 Å². The SMILES string of the molecule is c1ccc(-c2cccc3ccccc23)c(-c2ccc(N(c3ccc(-c4ccc(-c5cccc6ccccc56)cc4)cc3)c3ccccc3-c3cccc4c3sc3ccccc34)cc2)c1. The molecule has 0 saturated heterocycles. The standard InChI is InChI=1S/C62H41NS/c1-3-18-50-44(14-1)16-11-24-51(50)46-32-30-42(31-33-46)43-34-38-48(39-35-43)63(60-28-9-7-22-56(60)58-26-13-27-59-57-23-8-10-29-61(57)64-62(58)59)49-40-36-47(37-41-49)53-20-5-6-21-54(53)55-25-12-17-45-15-2-4-19-52(45)55/h1-41H. The lowest BCUT2D eigenvalue weighted by Gasteiger charge is -2.28. The summed E-state index contributed by atoms with van der Waals surface area (Å²) in [6, 6.07) is 90.8. The summed E-state index contributed by atoms with van der Waals surface area (Å²) in [6.45, 7) is 0. The number of anilines is 3. The van der Waals surface area contributed by atoms with Gasteiger partial charge in [0, 0.05) is 42.7 Å². The summed E-state index contributed by atoms with van der Waals surface area (Å²) in [5.74, 6) is 0. The maximum atomic E-state index is 2.43. The maximum absolute atomic E-state index is 2.43. The fraction of sp³-hybridized carbons (Fsp3) is 0. The Morgan fingerprint density at radius 3 is 1.38 bits per heavy atom. The van der Waals surface area contributed by atoms with E-state index in [4.69, 9.17) is 0 Å². The molecule has 300 valence electrons. The van der Waals surface area contributed by atoms with Crippen molar-refractivity contribution in [3.05, 3.63) is 249 Å². The molecule has 12 aromatic rings. The van der Waals surface area contributed by atoms with Crippen molar-refractivity contribution in [2.75, 3.05) is 4.90 Å². The highest BCUT2D eigenvalue weighted by Crippen LogP contribution is 2.47. The average molecular weight is 832 g/mol. The second-order valence-corrected chi connectivity index (χ2v) is 17.5. The summed E-state index contributed by atoms with van der Waals surface area (Å²) in [5.41, 5.74) is 15.4. The van der Waals surface area contributed by atoms with Gasteiger partial charge >= 0.3 is 0 Å². The molecule has 0 N–H and O–H groups in total. The van der Waals surface area contributed by atoms with Gasteiger partial charge in [-0.3, -0.25) is 0 Å². The molecule has 0 aliphatic carbocycles. The van der Waals surface area contributed by atoms with Crippen molar-refractivity contribution in [3.8, 4) is 55.6 Å². The van der Waals surface area contributed by atoms with Crippen molar-refractivity contribution in [3.63, 3.8) is 0 Å². The molecule has 0 aliphatic heterocycles. The van der Waals surface area contributed by atoms with Gasteiger partial charge in [0.25, 0.3) is 0 Å². The lowest BCUT2D eigenvalue weighted by Crippen LogP contribution is -2.11. The molecule has 0 amide bonds. The normalized spacial score (nSPS) is 11.4. The first kappa shape index (κ1) is 37.7. The molecule has 0 radical (unpaired) electrons. The van der Waals surface area contributed by atoms with Crippen LogP contribution in [0.1, 0.15) is 0 Å². The van der Waals surface area contributed by atoms with Gasteiger partial charge in [0.05, 0.1) is 5.69 Å². The monoisotopic (exact) mass is 831 g/mol. The van der Waals surface area contributed by atoms with Crippen molar-refractivity contribution >= 4 is 70.1 Å². The van der Waals surface area contributed by atoms with E-state index < -0.39 is 0 Å². The maximum Gasteiger partial charge on any atom is 0.0540 e. The Labute approximate surface area is 377 Å². The fourth-order valence-corrected chi connectivity index (χ4v) is 10.9. The molecule has 12 rings (SSSR count). The van der Waals surface area contributed by atoms with Gasteiger partial charge in [0.1, 0.15) is 0 Å². The van der Waals surface area contributed by atoms with E-state index in [0.29, 0.717) is 0 Å². The van der Waals surface area contributed by atoms with Crippen LogP contribution in [0.2, 0.25) is 0 Å². The highest BCUT2D eigenvalue weighted by Gasteiger charge is 2.20. The molecule has 0 aliphatic rings. The summed E-state index contributed by atoms with van der Waals surface area (Å²) >= 11 is 1.88. The fourth-order valence-electron chi connectivity index (χ4n) is 9.63. The van der Waals surface area contributed by atoms with Crippen molar-refractivity contribution in [1.29, 1.82) is 0 Å². The molecule has 1 aromatic heterocycles. The van der Waals surface area contributed by atoms with Gasteiger partial charge in [0.2, 0.25) is 0 Å². The van der Waals surface area contributed by atoms with Gasteiger partial charge in [0.15, 0.2) is 0 Å². The molecule has 0 spiro atoms. The zero-order chi connectivity index (χ0) is 42.4. The van der Waals surface area contributed by atoms with E-state index >= 15 is 0 Å². The Bertz CT molecular complexity index is 3640. The summed E-state index contributed by atoms with van der Waals surface area (Å²) in [5, 5.41) is 7.63. The predicted molar refractivity (Wildman–Crippen MR) is 276 cm³/mol. The molecule has 64 heavy (non-hydrogen) atoms. The molecule has 0 fully saturated rings. The number of benzene rings is 11. The van der Waals surface area contributed by atoms with E-state index in [1.807, 2.05) is 11.3 Å². The zero-order valence-electron chi connectivity index (χ0n) is 35.0. The highest BCUT2D eigenvalue weighted by molar-refractivity contribution is 7.26. The topological polar surface area (TPSA) is 3.24 Å². The van der Waals surface area contributed by atoms with E-state index in [1.54, 1.807) is 0 Å². The van der Waals surface area contributed by atoms with Gasteiger partial charge in [-0.1, -0.05) is 212 Å². The van der Waals surface area contributed by atoms with Crippen LogP contribution in [0.4, 0.5) is 17.1 Å². The van der Waals surface area contributed by atoms with Crippen LogP contribution in [0.5, 0.6) is 0 Å². The molecule has 0 saturated carbocycles. The lowest BCUT2D eigenvalue weighted by atomic mass is 9.91. The first-order valence-corrected chi connectivity index (χ1v) is 22.7. The Kier molecular flexibility index (Phi) is 9.43. The molecular formula is C62H41NS. The van der Waals surface area contributed by atoms with E-state index in [2.05, 4.69) is 254 Å². The van der Waals surface area contributed by atoms with E-state index in [0.717, 1.165) is 17.1 Å². The number of fused-ring (bicyclic) bond motifs is 5. The first-order chi connectivity index (χ1) is 31.7. The van der Waals surface area contributed by atoms with Crippen molar-refractivity contribution in [2.45, 2.75) is 0 Å². The average Bonchev–Trinajstić information content (AvgIpc) is 3.76. The van der Waals surface area contributed by atoms with Gasteiger partial charge < -0.3 is 4.90 Å². The Balaban J connectivity index is 0.962. The minimum atomic E-state index is 1.09. The third-order valence-electron chi connectivity index (χ3n) is 12.7. The largest absolute Gasteiger partial charge is 0.310 e. The number of thiophene rings is 1. The van der Waals surface area contributed by atoms with Crippen LogP contribution in [-0.2, 0) is 0 Å². The third kappa shape index (κ3) is 6.64. The second kappa shape index (κ2) is 16.0. The predicted octanol–water partition coefficient (Wildman–Crippen LogP) is 18.2. The summed E-state index contributed by atoms with van der Waals surface area (Å²) in [4.78, 5) is 2.43.